The predicted molar refractivity (Wildman–Crippen MR) is 104 cm³/mol. The molecule has 1 saturated heterocycles. The van der Waals surface area contributed by atoms with Crippen LogP contribution >= 0.6 is 0 Å². The van der Waals surface area contributed by atoms with Crippen LogP contribution in [-0.2, 0) is 47.7 Å². The molecule has 0 bridgehead atoms. The fourth-order valence-electron chi connectivity index (χ4n) is 3.11. The Morgan fingerprint density at radius 2 is 1.45 bits per heavy atom. The molecule has 11 nitrogen and oxygen atoms in total. The number of hydrogen-bond donors (Lipinski definition) is 1. The van der Waals surface area contributed by atoms with Gasteiger partial charge < -0.3 is 33.8 Å². The highest BCUT2D eigenvalue weighted by Gasteiger charge is 2.51. The minimum Gasteiger partial charge on any atom is -0.463 e. The predicted octanol–water partition coefficient (Wildman–Crippen LogP) is 0.418. The Kier molecular flexibility index (Phi) is 11.1. The summed E-state index contributed by atoms with van der Waals surface area (Å²) in [5.41, 5.74) is 0. The third-order valence-electron chi connectivity index (χ3n) is 4.28. The number of Topliss-reactive ketones (excluding diaryl/α,β-unsaturated/α-hetero) is 1. The summed E-state index contributed by atoms with van der Waals surface area (Å²) < 4.78 is 27.3. The van der Waals surface area contributed by atoms with Gasteiger partial charge in [0.2, 0.25) is 5.91 Å². The van der Waals surface area contributed by atoms with E-state index < -0.39 is 54.5 Å². The zero-order chi connectivity index (χ0) is 23.6. The van der Waals surface area contributed by atoms with Crippen molar-refractivity contribution in [2.45, 2.75) is 84.5 Å². The topological polar surface area (TPSA) is 144 Å². The number of esters is 3. The molecule has 5 atom stereocenters. The molecule has 0 saturated carbocycles. The fraction of sp³-hybridized carbons (Fsp3) is 0.750. The van der Waals surface area contributed by atoms with Crippen molar-refractivity contribution in [2.24, 2.45) is 0 Å². The monoisotopic (exact) mass is 445 g/mol. The second-order valence-corrected chi connectivity index (χ2v) is 7.25. The number of ketones is 1. The van der Waals surface area contributed by atoms with E-state index in [9.17, 15) is 24.0 Å². The Balaban J connectivity index is 3.11. The molecule has 1 aliphatic rings. The molecule has 3 unspecified atom stereocenters. The van der Waals surface area contributed by atoms with E-state index in [2.05, 4.69) is 5.32 Å². The molecule has 1 aliphatic heterocycles. The summed E-state index contributed by atoms with van der Waals surface area (Å²) >= 11 is 0. The van der Waals surface area contributed by atoms with Crippen molar-refractivity contribution in [3.05, 3.63) is 0 Å². The molecule has 0 spiro atoms. The van der Waals surface area contributed by atoms with Crippen LogP contribution in [0, 0.1) is 0 Å². The van der Waals surface area contributed by atoms with Crippen LogP contribution in [0.15, 0.2) is 0 Å². The van der Waals surface area contributed by atoms with Crippen LogP contribution in [0.1, 0.15) is 53.9 Å². The Bertz CT molecular complexity index is 664. The van der Waals surface area contributed by atoms with E-state index in [1.54, 1.807) is 0 Å². The molecule has 1 amide bonds. The van der Waals surface area contributed by atoms with E-state index in [0.717, 1.165) is 0 Å². The molecule has 1 fully saturated rings. The van der Waals surface area contributed by atoms with Gasteiger partial charge in [-0.25, -0.2) is 0 Å². The van der Waals surface area contributed by atoms with Gasteiger partial charge in [0.25, 0.3) is 0 Å². The highest BCUT2D eigenvalue weighted by Crippen LogP contribution is 2.28. The average Bonchev–Trinajstić information content (AvgIpc) is 2.62. The quantitative estimate of drug-likeness (QED) is 0.270. The molecule has 0 radical (unpaired) electrons. The zero-order valence-corrected chi connectivity index (χ0v) is 18.5. The molecule has 1 heterocycles. The molecule has 1 rings (SSSR count). The zero-order valence-electron chi connectivity index (χ0n) is 18.5. The maximum Gasteiger partial charge on any atom is 0.303 e. The Labute approximate surface area is 181 Å². The fourth-order valence-corrected chi connectivity index (χ4v) is 3.11. The minimum atomic E-state index is -1.16. The van der Waals surface area contributed by atoms with Crippen LogP contribution < -0.4 is 5.32 Å². The largest absolute Gasteiger partial charge is 0.463 e. The van der Waals surface area contributed by atoms with E-state index in [1.165, 1.54) is 34.6 Å². The van der Waals surface area contributed by atoms with Crippen molar-refractivity contribution in [2.75, 3.05) is 13.2 Å². The number of amides is 1. The number of rotatable bonds is 11. The normalized spacial score (nSPS) is 25.3. The van der Waals surface area contributed by atoms with Gasteiger partial charge in [-0.05, 0) is 19.8 Å². The van der Waals surface area contributed by atoms with Crippen LogP contribution in [0.4, 0.5) is 0 Å². The van der Waals surface area contributed by atoms with Crippen molar-refractivity contribution in [1.82, 2.24) is 5.32 Å². The number of carbonyl (C=O) groups is 5. The summed E-state index contributed by atoms with van der Waals surface area (Å²) in [5.74, 6) is -2.32. The lowest BCUT2D eigenvalue weighted by molar-refractivity contribution is -0.277. The molecular weight excluding hydrogens is 414 g/mol. The van der Waals surface area contributed by atoms with Crippen LogP contribution in [0.5, 0.6) is 0 Å². The van der Waals surface area contributed by atoms with Gasteiger partial charge in [0.1, 0.15) is 24.5 Å². The molecule has 176 valence electrons. The number of hydrogen-bond acceptors (Lipinski definition) is 10. The van der Waals surface area contributed by atoms with Gasteiger partial charge in [-0.3, -0.25) is 19.2 Å². The van der Waals surface area contributed by atoms with Gasteiger partial charge in [-0.15, -0.1) is 0 Å². The number of unbranched alkanes of at least 4 members (excludes halogenated alkanes) is 1. The summed E-state index contributed by atoms with van der Waals surface area (Å²) in [6.07, 6.45) is -2.84. The molecule has 0 aromatic rings. The Morgan fingerprint density at radius 1 is 0.839 bits per heavy atom. The maximum atomic E-state index is 11.8. The Hall–Kier alpha value is -2.53. The summed E-state index contributed by atoms with van der Waals surface area (Å²) in [7, 11) is 0. The van der Waals surface area contributed by atoms with Crippen LogP contribution in [0.3, 0.4) is 0 Å². The SMILES string of the molecule is CC(=O)CCCCO[C@@H]1OC(COC(C)=O)[C@H](OC(C)=O)C(OC(C)=O)C1NC(C)=O. The van der Waals surface area contributed by atoms with Gasteiger partial charge in [-0.2, -0.15) is 0 Å². The van der Waals surface area contributed by atoms with E-state index in [1.807, 2.05) is 0 Å². The standard InChI is InChI=1S/C20H31NO10/c1-11(22)8-6-7-9-27-20-17(21-12(2)23)19(30-15(5)26)18(29-14(4)25)16(31-20)10-28-13(3)24/h16-20H,6-10H2,1-5H3,(H,21,23)/t16?,17?,18-,19?,20+/m0/s1. The molecule has 0 aromatic heterocycles. The molecule has 31 heavy (non-hydrogen) atoms. The lowest BCUT2D eigenvalue weighted by Crippen LogP contribution is -2.66. The first kappa shape index (κ1) is 26.5. The van der Waals surface area contributed by atoms with E-state index in [-0.39, 0.29) is 19.0 Å². The van der Waals surface area contributed by atoms with Gasteiger partial charge in [0, 0.05) is 40.7 Å². The third-order valence-corrected chi connectivity index (χ3v) is 4.28. The summed E-state index contributed by atoms with van der Waals surface area (Å²) in [4.78, 5) is 57.6. The van der Waals surface area contributed by atoms with Gasteiger partial charge in [-0.1, -0.05) is 0 Å². The second-order valence-electron chi connectivity index (χ2n) is 7.25. The first-order valence-electron chi connectivity index (χ1n) is 10.0. The van der Waals surface area contributed by atoms with Crippen molar-refractivity contribution >= 4 is 29.6 Å². The maximum absolute atomic E-state index is 11.8. The number of nitrogens with one attached hydrogen (secondary N) is 1. The molecule has 0 aromatic carbocycles. The third kappa shape index (κ3) is 9.88. The molecule has 1 N–H and O–H groups in total. The summed E-state index contributed by atoms with van der Waals surface area (Å²) in [5, 5.41) is 2.62. The van der Waals surface area contributed by atoms with Crippen molar-refractivity contribution < 1.29 is 47.7 Å². The van der Waals surface area contributed by atoms with Crippen LogP contribution in [-0.4, -0.2) is 73.5 Å². The van der Waals surface area contributed by atoms with Gasteiger partial charge in [0.15, 0.2) is 18.5 Å². The van der Waals surface area contributed by atoms with Gasteiger partial charge in [0.05, 0.1) is 0 Å². The first-order chi connectivity index (χ1) is 14.5. The highest BCUT2D eigenvalue weighted by molar-refractivity contribution is 5.75. The van der Waals surface area contributed by atoms with Crippen LogP contribution in [0.25, 0.3) is 0 Å². The Morgan fingerprint density at radius 3 is 1.97 bits per heavy atom. The number of carbonyl (C=O) groups excluding carboxylic acids is 5. The van der Waals surface area contributed by atoms with Crippen molar-refractivity contribution in [1.29, 1.82) is 0 Å². The summed E-state index contributed by atoms with van der Waals surface area (Å²) in [6.45, 7) is 6.21. The minimum absolute atomic E-state index is 0.0608. The molecule has 0 aliphatic carbocycles. The highest BCUT2D eigenvalue weighted by atomic mass is 16.7. The van der Waals surface area contributed by atoms with E-state index >= 15 is 0 Å². The smallest absolute Gasteiger partial charge is 0.303 e. The van der Waals surface area contributed by atoms with Crippen LogP contribution in [0.2, 0.25) is 0 Å². The van der Waals surface area contributed by atoms with Gasteiger partial charge >= 0.3 is 17.9 Å². The molecular formula is C20H31NO10. The van der Waals surface area contributed by atoms with E-state index in [0.29, 0.717) is 19.3 Å². The second kappa shape index (κ2) is 13.0. The lowest BCUT2D eigenvalue weighted by atomic mass is 9.96. The van der Waals surface area contributed by atoms with Crippen molar-refractivity contribution in [3.63, 3.8) is 0 Å². The lowest BCUT2D eigenvalue weighted by Gasteiger charge is -2.44. The number of ether oxygens (including phenoxy) is 5. The van der Waals surface area contributed by atoms with Crippen molar-refractivity contribution in [3.8, 4) is 0 Å². The first-order valence-corrected chi connectivity index (χ1v) is 10.0. The summed E-state index contributed by atoms with van der Waals surface area (Å²) in [6, 6.07) is -0.993. The van der Waals surface area contributed by atoms with E-state index in [4.69, 9.17) is 23.7 Å². The average molecular weight is 445 g/mol. The molecule has 11 heteroatoms.